The molecule has 1 fully saturated rings. The molecule has 0 spiro atoms. The van der Waals surface area contributed by atoms with Crippen molar-refractivity contribution >= 4 is 27.7 Å². The minimum Gasteiger partial charge on any atom is -0.375 e. The van der Waals surface area contributed by atoms with Crippen molar-refractivity contribution in [1.82, 2.24) is 10.2 Å². The van der Waals surface area contributed by atoms with Crippen LogP contribution in [0.1, 0.15) is 25.3 Å². The smallest absolute Gasteiger partial charge is 0.248 e. The largest absolute Gasteiger partial charge is 0.375 e. The van der Waals surface area contributed by atoms with Gasteiger partial charge in [-0.1, -0.05) is 28.1 Å². The third-order valence-corrected chi connectivity index (χ3v) is 4.89. The monoisotopic (exact) mass is 397 g/mol. The molecule has 1 atom stereocenters. The lowest BCUT2D eigenvalue weighted by Crippen LogP contribution is -2.54. The maximum atomic E-state index is 12.6. The van der Waals surface area contributed by atoms with Crippen LogP contribution in [-0.4, -0.2) is 49.6 Å². The molecule has 1 heterocycles. The van der Waals surface area contributed by atoms with Crippen molar-refractivity contribution in [2.45, 2.75) is 31.3 Å². The van der Waals surface area contributed by atoms with Crippen molar-refractivity contribution < 1.29 is 14.3 Å². The fourth-order valence-corrected chi connectivity index (χ4v) is 3.01. The quantitative estimate of drug-likeness (QED) is 0.785. The van der Waals surface area contributed by atoms with Crippen LogP contribution in [0, 0.1) is 0 Å². The molecule has 2 amide bonds. The van der Waals surface area contributed by atoms with Crippen LogP contribution < -0.4 is 11.1 Å². The van der Waals surface area contributed by atoms with Gasteiger partial charge in [0.25, 0.3) is 0 Å². The number of nitrogens with one attached hydrogen (secondary N) is 1. The van der Waals surface area contributed by atoms with Crippen LogP contribution in [0.25, 0.3) is 0 Å². The Labute approximate surface area is 150 Å². The molecule has 0 aliphatic carbocycles. The Morgan fingerprint density at radius 2 is 1.92 bits per heavy atom. The summed E-state index contributed by atoms with van der Waals surface area (Å²) < 4.78 is 5.81. The number of halogens is 1. The second kappa shape index (κ2) is 8.09. The SMILES string of the molecule is COCC(=O)N1CCC(NC(=O)C(C)(N)c2ccc(Br)cc2)CC1. The normalized spacial score (nSPS) is 18.1. The van der Waals surface area contributed by atoms with Gasteiger partial charge in [-0.05, 0) is 37.5 Å². The van der Waals surface area contributed by atoms with E-state index in [1.165, 1.54) is 7.11 Å². The molecule has 7 heteroatoms. The van der Waals surface area contributed by atoms with Gasteiger partial charge in [0.2, 0.25) is 11.8 Å². The Morgan fingerprint density at radius 1 is 1.33 bits per heavy atom. The van der Waals surface area contributed by atoms with E-state index < -0.39 is 5.54 Å². The number of nitrogens with two attached hydrogens (primary N) is 1. The number of hydrogen-bond donors (Lipinski definition) is 2. The third kappa shape index (κ3) is 4.55. The zero-order valence-corrected chi connectivity index (χ0v) is 15.6. The van der Waals surface area contributed by atoms with Gasteiger partial charge < -0.3 is 20.7 Å². The molecule has 132 valence electrons. The van der Waals surface area contributed by atoms with Crippen molar-refractivity contribution in [1.29, 1.82) is 0 Å². The molecular formula is C17H24BrN3O3. The van der Waals surface area contributed by atoms with E-state index in [9.17, 15) is 9.59 Å². The van der Waals surface area contributed by atoms with E-state index in [0.717, 1.165) is 22.9 Å². The second-order valence-electron chi connectivity index (χ2n) is 6.27. The van der Waals surface area contributed by atoms with Crippen molar-refractivity contribution in [2.75, 3.05) is 26.8 Å². The number of amides is 2. The zero-order chi connectivity index (χ0) is 17.7. The molecule has 24 heavy (non-hydrogen) atoms. The van der Waals surface area contributed by atoms with Gasteiger partial charge in [0.05, 0.1) is 0 Å². The second-order valence-corrected chi connectivity index (χ2v) is 7.19. The van der Waals surface area contributed by atoms with Crippen LogP contribution in [0.2, 0.25) is 0 Å². The van der Waals surface area contributed by atoms with E-state index in [1.807, 2.05) is 24.3 Å². The molecule has 1 aliphatic heterocycles. The molecule has 1 saturated heterocycles. The molecule has 0 saturated carbocycles. The van der Waals surface area contributed by atoms with Crippen molar-refractivity contribution in [2.24, 2.45) is 5.73 Å². The summed E-state index contributed by atoms with van der Waals surface area (Å²) in [4.78, 5) is 26.1. The van der Waals surface area contributed by atoms with Gasteiger partial charge >= 0.3 is 0 Å². The van der Waals surface area contributed by atoms with Gasteiger partial charge in [0.1, 0.15) is 12.1 Å². The van der Waals surface area contributed by atoms with Crippen LogP contribution in [0.15, 0.2) is 28.7 Å². The number of likely N-dealkylation sites (tertiary alicyclic amines) is 1. The Hall–Kier alpha value is -1.44. The number of rotatable bonds is 5. The summed E-state index contributed by atoms with van der Waals surface area (Å²) in [5.74, 6) is -0.215. The minimum atomic E-state index is -1.09. The molecule has 0 radical (unpaired) electrons. The number of benzene rings is 1. The van der Waals surface area contributed by atoms with Gasteiger partial charge in [-0.25, -0.2) is 0 Å². The standard InChI is InChI=1S/C17H24BrN3O3/c1-17(19,12-3-5-13(18)6-4-12)16(23)20-14-7-9-21(10-8-14)15(22)11-24-2/h3-6,14H,7-11,19H2,1-2H3,(H,20,23). The van der Waals surface area contributed by atoms with E-state index in [2.05, 4.69) is 21.2 Å². The molecule has 6 nitrogen and oxygen atoms in total. The number of methoxy groups -OCH3 is 1. The van der Waals surface area contributed by atoms with Crippen LogP contribution in [0.4, 0.5) is 0 Å². The van der Waals surface area contributed by atoms with Gasteiger partial charge in [-0.15, -0.1) is 0 Å². The van der Waals surface area contributed by atoms with Crippen LogP contribution in [0.3, 0.4) is 0 Å². The fraction of sp³-hybridized carbons (Fsp3) is 0.529. The molecule has 1 unspecified atom stereocenters. The van der Waals surface area contributed by atoms with E-state index >= 15 is 0 Å². The van der Waals surface area contributed by atoms with Crippen LogP contribution >= 0.6 is 15.9 Å². The summed E-state index contributed by atoms with van der Waals surface area (Å²) in [6, 6.07) is 7.45. The number of carbonyl (C=O) groups is 2. The Kier molecular flexibility index (Phi) is 6.37. The summed E-state index contributed by atoms with van der Waals surface area (Å²) in [7, 11) is 1.51. The van der Waals surface area contributed by atoms with Crippen molar-refractivity contribution in [3.05, 3.63) is 34.3 Å². The molecule has 0 aromatic heterocycles. The highest BCUT2D eigenvalue weighted by Crippen LogP contribution is 2.21. The average Bonchev–Trinajstić information content (AvgIpc) is 2.56. The maximum Gasteiger partial charge on any atom is 0.248 e. The first-order valence-electron chi connectivity index (χ1n) is 7.97. The first-order valence-corrected chi connectivity index (χ1v) is 8.76. The van der Waals surface area contributed by atoms with Crippen LogP contribution in [0.5, 0.6) is 0 Å². The predicted octanol–water partition coefficient (Wildman–Crippen LogP) is 1.38. The third-order valence-electron chi connectivity index (χ3n) is 4.37. The molecule has 1 aliphatic rings. The molecule has 3 N–H and O–H groups in total. The minimum absolute atomic E-state index is 0.0131. The molecule has 1 aromatic carbocycles. The molecule has 0 bridgehead atoms. The van der Waals surface area contributed by atoms with Gasteiger partial charge in [0.15, 0.2) is 0 Å². The Morgan fingerprint density at radius 3 is 2.46 bits per heavy atom. The topological polar surface area (TPSA) is 84.7 Å². The lowest BCUT2D eigenvalue weighted by Gasteiger charge is -2.34. The number of piperidine rings is 1. The first-order chi connectivity index (χ1) is 11.3. The van der Waals surface area contributed by atoms with E-state index in [1.54, 1.807) is 11.8 Å². The summed E-state index contributed by atoms with van der Waals surface area (Å²) >= 11 is 3.37. The Balaban J connectivity index is 1.91. The number of ether oxygens (including phenoxy) is 1. The van der Waals surface area contributed by atoms with Crippen LogP contribution in [-0.2, 0) is 19.9 Å². The number of nitrogens with zero attached hydrogens (tertiary/aromatic N) is 1. The number of hydrogen-bond acceptors (Lipinski definition) is 4. The van der Waals surface area contributed by atoms with Crippen molar-refractivity contribution in [3.63, 3.8) is 0 Å². The highest BCUT2D eigenvalue weighted by Gasteiger charge is 2.33. The Bertz CT molecular complexity index is 581. The van der Waals surface area contributed by atoms with Gasteiger partial charge in [0, 0.05) is 30.7 Å². The summed E-state index contributed by atoms with van der Waals surface area (Å²) in [5, 5.41) is 3.02. The zero-order valence-electron chi connectivity index (χ0n) is 14.0. The summed E-state index contributed by atoms with van der Waals surface area (Å²) in [6.45, 7) is 3.05. The fourth-order valence-electron chi connectivity index (χ4n) is 2.75. The summed E-state index contributed by atoms with van der Waals surface area (Å²) in [6.07, 6.45) is 1.44. The molecular weight excluding hydrogens is 374 g/mol. The predicted molar refractivity (Wildman–Crippen MR) is 95.3 cm³/mol. The highest BCUT2D eigenvalue weighted by molar-refractivity contribution is 9.10. The van der Waals surface area contributed by atoms with E-state index in [4.69, 9.17) is 10.5 Å². The molecule has 2 rings (SSSR count). The van der Waals surface area contributed by atoms with Crippen molar-refractivity contribution in [3.8, 4) is 0 Å². The van der Waals surface area contributed by atoms with Gasteiger partial charge in [-0.2, -0.15) is 0 Å². The van der Waals surface area contributed by atoms with E-state index in [0.29, 0.717) is 13.1 Å². The average molecular weight is 398 g/mol. The van der Waals surface area contributed by atoms with Gasteiger partial charge in [-0.3, -0.25) is 9.59 Å². The molecule has 1 aromatic rings. The lowest BCUT2D eigenvalue weighted by molar-refractivity contribution is -0.136. The number of carbonyl (C=O) groups excluding carboxylic acids is 2. The van der Waals surface area contributed by atoms with E-state index in [-0.39, 0.29) is 24.5 Å². The lowest BCUT2D eigenvalue weighted by atomic mass is 9.91. The maximum absolute atomic E-state index is 12.6. The first kappa shape index (κ1) is 18.9. The highest BCUT2D eigenvalue weighted by atomic mass is 79.9. The summed E-state index contributed by atoms with van der Waals surface area (Å²) in [5.41, 5.74) is 5.92.